The Kier molecular flexibility index (Phi) is 6.51. The van der Waals surface area contributed by atoms with E-state index < -0.39 is 0 Å². The predicted molar refractivity (Wildman–Crippen MR) is 107 cm³/mol. The number of rotatable bonds is 7. The molecule has 1 aliphatic heterocycles. The van der Waals surface area contributed by atoms with Crippen molar-refractivity contribution in [1.29, 1.82) is 0 Å². The molecule has 144 valence electrons. The Morgan fingerprint density at radius 1 is 1.04 bits per heavy atom. The third-order valence-electron chi connectivity index (χ3n) is 5.44. The van der Waals surface area contributed by atoms with Crippen LogP contribution in [-0.4, -0.2) is 32.3 Å². The molecule has 2 aromatic rings. The van der Waals surface area contributed by atoms with Gasteiger partial charge in [0.25, 0.3) is 5.91 Å². The van der Waals surface area contributed by atoms with Gasteiger partial charge in [-0.1, -0.05) is 31.2 Å². The number of aryl methyl sites for hydroxylation is 1. The normalized spacial score (nSPS) is 15.9. The van der Waals surface area contributed by atoms with Crippen molar-refractivity contribution in [3.63, 3.8) is 0 Å². The van der Waals surface area contributed by atoms with Gasteiger partial charge in [-0.2, -0.15) is 0 Å². The van der Waals surface area contributed by atoms with E-state index in [4.69, 9.17) is 9.47 Å². The highest BCUT2D eigenvalue weighted by Gasteiger charge is 2.35. The van der Waals surface area contributed by atoms with Crippen molar-refractivity contribution in [3.05, 3.63) is 65.2 Å². The van der Waals surface area contributed by atoms with E-state index in [9.17, 15) is 4.79 Å². The van der Waals surface area contributed by atoms with Crippen LogP contribution in [0.3, 0.4) is 0 Å². The Morgan fingerprint density at radius 3 is 2.30 bits per heavy atom. The summed E-state index contributed by atoms with van der Waals surface area (Å²) in [5.74, 6) is 0.859. The summed E-state index contributed by atoms with van der Waals surface area (Å²) >= 11 is 0. The maximum Gasteiger partial charge on any atom is 0.251 e. The molecule has 0 unspecified atom stereocenters. The molecule has 2 aromatic carbocycles. The first-order valence-electron chi connectivity index (χ1n) is 9.85. The summed E-state index contributed by atoms with van der Waals surface area (Å²) in [7, 11) is 0. The van der Waals surface area contributed by atoms with Crippen molar-refractivity contribution in [1.82, 2.24) is 5.32 Å². The van der Waals surface area contributed by atoms with E-state index in [-0.39, 0.29) is 11.3 Å². The smallest absolute Gasteiger partial charge is 0.251 e. The molecule has 1 aliphatic rings. The first-order chi connectivity index (χ1) is 13.2. The summed E-state index contributed by atoms with van der Waals surface area (Å²) in [4.78, 5) is 12.6. The summed E-state index contributed by atoms with van der Waals surface area (Å²) in [6, 6.07) is 16.1. The lowest BCUT2D eigenvalue weighted by atomic mass is 9.74. The maximum absolute atomic E-state index is 12.6. The minimum absolute atomic E-state index is 0.0190. The average molecular weight is 367 g/mol. The van der Waals surface area contributed by atoms with Crippen LogP contribution in [0.25, 0.3) is 0 Å². The van der Waals surface area contributed by atoms with Crippen molar-refractivity contribution in [2.24, 2.45) is 0 Å². The number of nitrogens with one attached hydrogen (secondary N) is 1. The molecule has 0 bridgehead atoms. The molecular formula is C23H29NO3. The van der Waals surface area contributed by atoms with E-state index in [1.165, 1.54) is 11.1 Å². The largest absolute Gasteiger partial charge is 0.494 e. The molecular weight excluding hydrogens is 338 g/mol. The van der Waals surface area contributed by atoms with Gasteiger partial charge in [0.15, 0.2) is 0 Å². The van der Waals surface area contributed by atoms with Crippen LogP contribution in [0.5, 0.6) is 5.75 Å². The molecule has 1 fully saturated rings. The van der Waals surface area contributed by atoms with E-state index in [0.717, 1.165) is 25.0 Å². The number of hydrogen-bond donors (Lipinski definition) is 1. The van der Waals surface area contributed by atoms with Gasteiger partial charge < -0.3 is 14.8 Å². The van der Waals surface area contributed by atoms with Gasteiger partial charge in [0, 0.05) is 30.7 Å². The van der Waals surface area contributed by atoms with Crippen LogP contribution >= 0.6 is 0 Å². The van der Waals surface area contributed by atoms with Gasteiger partial charge in [-0.3, -0.25) is 4.79 Å². The van der Waals surface area contributed by atoms with Crippen molar-refractivity contribution in [2.75, 3.05) is 26.4 Å². The molecule has 1 amide bonds. The maximum atomic E-state index is 12.6. The number of carbonyl (C=O) groups is 1. The first-order valence-corrected chi connectivity index (χ1v) is 9.85. The zero-order valence-corrected chi connectivity index (χ0v) is 16.3. The van der Waals surface area contributed by atoms with Crippen LogP contribution in [0.4, 0.5) is 0 Å². The van der Waals surface area contributed by atoms with Crippen LogP contribution < -0.4 is 10.1 Å². The highest BCUT2D eigenvalue weighted by Crippen LogP contribution is 2.35. The second-order valence-electron chi connectivity index (χ2n) is 7.08. The lowest BCUT2D eigenvalue weighted by Gasteiger charge is -2.38. The number of benzene rings is 2. The van der Waals surface area contributed by atoms with E-state index >= 15 is 0 Å². The van der Waals surface area contributed by atoms with E-state index in [1.807, 2.05) is 43.3 Å². The fourth-order valence-corrected chi connectivity index (χ4v) is 3.64. The van der Waals surface area contributed by atoms with Gasteiger partial charge >= 0.3 is 0 Å². The summed E-state index contributed by atoms with van der Waals surface area (Å²) < 4.78 is 11.1. The minimum Gasteiger partial charge on any atom is -0.494 e. The zero-order valence-electron chi connectivity index (χ0n) is 16.3. The molecule has 0 aliphatic carbocycles. The molecule has 1 heterocycles. The predicted octanol–water partition coefficient (Wildman–Crippen LogP) is 4.13. The summed E-state index contributed by atoms with van der Waals surface area (Å²) in [5.41, 5.74) is 3.08. The number of carbonyl (C=O) groups excluding carboxylic acids is 1. The van der Waals surface area contributed by atoms with Gasteiger partial charge in [-0.15, -0.1) is 0 Å². The number of amides is 1. The molecule has 3 rings (SSSR count). The van der Waals surface area contributed by atoms with Crippen molar-refractivity contribution >= 4 is 5.91 Å². The Bertz CT molecular complexity index is 731. The van der Waals surface area contributed by atoms with E-state index in [2.05, 4.69) is 24.4 Å². The summed E-state index contributed by atoms with van der Waals surface area (Å²) in [6.07, 6.45) is 2.77. The Morgan fingerprint density at radius 2 is 1.70 bits per heavy atom. The summed E-state index contributed by atoms with van der Waals surface area (Å²) in [6.45, 7) is 6.80. The topological polar surface area (TPSA) is 47.6 Å². The standard InChI is InChI=1S/C23H29NO3/c1-3-18-5-7-19(8-6-18)22(25)24-17-23(13-15-26-16-14-23)20-9-11-21(12-10-20)27-4-2/h5-12H,3-4,13-17H2,1-2H3,(H,24,25). The van der Waals surface area contributed by atoms with Gasteiger partial charge in [0.1, 0.15) is 5.75 Å². The molecule has 1 N–H and O–H groups in total. The lowest BCUT2D eigenvalue weighted by Crippen LogP contribution is -2.44. The van der Waals surface area contributed by atoms with E-state index in [0.29, 0.717) is 31.9 Å². The Balaban J connectivity index is 1.73. The third-order valence-corrected chi connectivity index (χ3v) is 5.44. The van der Waals surface area contributed by atoms with Crippen LogP contribution in [0.15, 0.2) is 48.5 Å². The fourth-order valence-electron chi connectivity index (χ4n) is 3.64. The second-order valence-corrected chi connectivity index (χ2v) is 7.08. The number of hydrogen-bond acceptors (Lipinski definition) is 3. The van der Waals surface area contributed by atoms with Crippen molar-refractivity contribution in [2.45, 2.75) is 38.5 Å². The minimum atomic E-state index is -0.0952. The average Bonchev–Trinajstić information content (AvgIpc) is 2.73. The molecule has 0 saturated carbocycles. The number of ether oxygens (including phenoxy) is 2. The van der Waals surface area contributed by atoms with Crippen LogP contribution in [-0.2, 0) is 16.6 Å². The van der Waals surface area contributed by atoms with Gasteiger partial charge in [0.05, 0.1) is 6.61 Å². The Hall–Kier alpha value is -2.33. The van der Waals surface area contributed by atoms with Crippen molar-refractivity contribution < 1.29 is 14.3 Å². The first kappa shape index (κ1) is 19.4. The van der Waals surface area contributed by atoms with Gasteiger partial charge in [-0.05, 0) is 61.6 Å². The van der Waals surface area contributed by atoms with E-state index in [1.54, 1.807) is 0 Å². The van der Waals surface area contributed by atoms with Crippen LogP contribution in [0.2, 0.25) is 0 Å². The van der Waals surface area contributed by atoms with Crippen LogP contribution in [0, 0.1) is 0 Å². The molecule has 0 atom stereocenters. The fraction of sp³-hybridized carbons (Fsp3) is 0.435. The molecule has 0 spiro atoms. The lowest BCUT2D eigenvalue weighted by molar-refractivity contribution is 0.0487. The van der Waals surface area contributed by atoms with Crippen molar-refractivity contribution in [3.8, 4) is 5.75 Å². The quantitative estimate of drug-likeness (QED) is 0.801. The van der Waals surface area contributed by atoms with Gasteiger partial charge in [0.2, 0.25) is 0 Å². The van der Waals surface area contributed by atoms with Gasteiger partial charge in [-0.25, -0.2) is 0 Å². The third kappa shape index (κ3) is 4.69. The molecule has 1 saturated heterocycles. The molecule has 4 heteroatoms. The SMILES string of the molecule is CCOc1ccc(C2(CNC(=O)c3ccc(CC)cc3)CCOCC2)cc1. The monoisotopic (exact) mass is 367 g/mol. The molecule has 27 heavy (non-hydrogen) atoms. The molecule has 0 radical (unpaired) electrons. The highest BCUT2D eigenvalue weighted by molar-refractivity contribution is 5.94. The van der Waals surface area contributed by atoms with Crippen LogP contribution in [0.1, 0.15) is 48.2 Å². The second kappa shape index (κ2) is 9.05. The molecule has 0 aromatic heterocycles. The highest BCUT2D eigenvalue weighted by atomic mass is 16.5. The molecule has 4 nitrogen and oxygen atoms in total. The Labute approximate surface area is 161 Å². The summed E-state index contributed by atoms with van der Waals surface area (Å²) in [5, 5.41) is 3.16. The zero-order chi connectivity index (χ0) is 19.1.